The maximum absolute atomic E-state index is 11.8. The van der Waals surface area contributed by atoms with Crippen LogP contribution in [0.15, 0.2) is 0 Å². The van der Waals surface area contributed by atoms with Crippen molar-refractivity contribution in [3.8, 4) is 0 Å². The van der Waals surface area contributed by atoms with Gasteiger partial charge < -0.3 is 15.5 Å². The highest BCUT2D eigenvalue weighted by Crippen LogP contribution is 2.21. The molecule has 6 heteroatoms. The molecule has 4 nitrogen and oxygen atoms in total. The average Bonchev–Trinajstić information content (AvgIpc) is 3.02. The van der Waals surface area contributed by atoms with Crippen LogP contribution in [0, 0.1) is 5.92 Å². The number of rotatable bonds is 5. The van der Waals surface area contributed by atoms with Crippen LogP contribution in [0.4, 0.5) is 0 Å². The van der Waals surface area contributed by atoms with Gasteiger partial charge in [-0.15, -0.1) is 24.8 Å². The van der Waals surface area contributed by atoms with Crippen molar-refractivity contribution < 1.29 is 4.79 Å². The molecule has 2 N–H and O–H groups in total. The van der Waals surface area contributed by atoms with Crippen LogP contribution in [0.5, 0.6) is 0 Å². The molecule has 114 valence electrons. The highest BCUT2D eigenvalue weighted by molar-refractivity contribution is 5.85. The first-order valence-corrected chi connectivity index (χ1v) is 6.96. The first-order valence-electron chi connectivity index (χ1n) is 6.96. The summed E-state index contributed by atoms with van der Waals surface area (Å²) in [5, 5.41) is 6.28. The summed E-state index contributed by atoms with van der Waals surface area (Å²) in [4.78, 5) is 14.2. The molecule has 0 aromatic heterocycles. The third kappa shape index (κ3) is 5.86. The Bertz CT molecular complexity index is 254. The molecule has 0 bridgehead atoms. The number of hydrogen-bond acceptors (Lipinski definition) is 3. The number of carbonyl (C=O) groups is 1. The first kappa shape index (κ1) is 19.0. The van der Waals surface area contributed by atoms with Crippen LogP contribution in [-0.4, -0.2) is 50.1 Å². The molecule has 1 saturated carbocycles. The predicted octanol–water partition coefficient (Wildman–Crippen LogP) is 1.43. The second-order valence-corrected chi connectivity index (χ2v) is 5.40. The molecule has 1 heterocycles. The Labute approximate surface area is 128 Å². The molecule has 1 saturated heterocycles. The zero-order valence-electron chi connectivity index (χ0n) is 11.7. The highest BCUT2D eigenvalue weighted by atomic mass is 35.5. The number of hydrogen-bond donors (Lipinski definition) is 2. The predicted molar refractivity (Wildman–Crippen MR) is 83.4 cm³/mol. The Morgan fingerprint density at radius 3 is 2.53 bits per heavy atom. The van der Waals surface area contributed by atoms with Crippen molar-refractivity contribution in [1.29, 1.82) is 0 Å². The monoisotopic (exact) mass is 311 g/mol. The number of amides is 1. The van der Waals surface area contributed by atoms with Gasteiger partial charge >= 0.3 is 0 Å². The van der Waals surface area contributed by atoms with Crippen molar-refractivity contribution in [2.45, 2.75) is 38.1 Å². The van der Waals surface area contributed by atoms with Crippen LogP contribution in [0.25, 0.3) is 0 Å². The van der Waals surface area contributed by atoms with Crippen molar-refractivity contribution >= 4 is 30.7 Å². The van der Waals surface area contributed by atoms with Gasteiger partial charge in [0.25, 0.3) is 0 Å². The third-order valence-corrected chi connectivity index (χ3v) is 4.14. The smallest absolute Gasteiger partial charge is 0.224 e. The fourth-order valence-electron chi connectivity index (χ4n) is 2.91. The van der Waals surface area contributed by atoms with Gasteiger partial charge in [0.1, 0.15) is 0 Å². The molecule has 1 amide bonds. The summed E-state index contributed by atoms with van der Waals surface area (Å²) >= 11 is 0. The molecule has 0 radical (unpaired) electrons. The fourth-order valence-corrected chi connectivity index (χ4v) is 2.91. The average molecular weight is 312 g/mol. The second kappa shape index (κ2) is 9.81. The standard InChI is InChI=1S/C13H25N3O.2ClH/c1-16(12-4-2-3-5-12)9-8-15-13(17)11-6-7-14-10-11;;/h11-12,14H,2-10H2,1H3,(H,15,17);2*1H. The largest absolute Gasteiger partial charge is 0.355 e. The molecule has 2 fully saturated rings. The van der Waals surface area contributed by atoms with Crippen LogP contribution in [0.2, 0.25) is 0 Å². The van der Waals surface area contributed by atoms with E-state index in [9.17, 15) is 4.79 Å². The maximum atomic E-state index is 11.8. The molecular formula is C13H27Cl2N3O. The minimum Gasteiger partial charge on any atom is -0.355 e. The van der Waals surface area contributed by atoms with E-state index >= 15 is 0 Å². The molecule has 1 aliphatic heterocycles. The van der Waals surface area contributed by atoms with Gasteiger partial charge in [-0.25, -0.2) is 0 Å². The Kier molecular flexibility index (Phi) is 9.79. The lowest BCUT2D eigenvalue weighted by molar-refractivity contribution is -0.124. The zero-order valence-corrected chi connectivity index (χ0v) is 13.3. The quantitative estimate of drug-likeness (QED) is 0.807. The minimum absolute atomic E-state index is 0. The van der Waals surface area contributed by atoms with Gasteiger partial charge in [-0.2, -0.15) is 0 Å². The van der Waals surface area contributed by atoms with Crippen LogP contribution in [0.1, 0.15) is 32.1 Å². The topological polar surface area (TPSA) is 44.4 Å². The van der Waals surface area contributed by atoms with Crippen molar-refractivity contribution in [1.82, 2.24) is 15.5 Å². The highest BCUT2D eigenvalue weighted by Gasteiger charge is 2.22. The van der Waals surface area contributed by atoms with E-state index in [1.807, 2.05) is 0 Å². The number of nitrogens with one attached hydrogen (secondary N) is 2. The first-order chi connectivity index (χ1) is 8.27. The van der Waals surface area contributed by atoms with Gasteiger partial charge in [0, 0.05) is 25.7 Å². The number of nitrogens with zero attached hydrogens (tertiary/aromatic N) is 1. The van der Waals surface area contributed by atoms with E-state index in [0.717, 1.165) is 38.6 Å². The van der Waals surface area contributed by atoms with Crippen LogP contribution in [-0.2, 0) is 4.79 Å². The molecule has 2 rings (SSSR count). The Morgan fingerprint density at radius 2 is 1.95 bits per heavy atom. The molecule has 2 aliphatic rings. The number of likely N-dealkylation sites (N-methyl/N-ethyl adjacent to an activating group) is 1. The van der Waals surface area contributed by atoms with Gasteiger partial charge in [-0.05, 0) is 32.9 Å². The van der Waals surface area contributed by atoms with E-state index in [1.54, 1.807) is 0 Å². The summed E-state index contributed by atoms with van der Waals surface area (Å²) in [6, 6.07) is 0.750. The van der Waals surface area contributed by atoms with E-state index in [2.05, 4.69) is 22.6 Å². The number of carbonyl (C=O) groups excluding carboxylic acids is 1. The molecular weight excluding hydrogens is 285 g/mol. The Balaban J connectivity index is 0.00000162. The fraction of sp³-hybridized carbons (Fsp3) is 0.923. The summed E-state index contributed by atoms with van der Waals surface area (Å²) in [7, 11) is 2.18. The van der Waals surface area contributed by atoms with Gasteiger partial charge in [-0.1, -0.05) is 12.8 Å². The lowest BCUT2D eigenvalue weighted by Gasteiger charge is -2.24. The lowest BCUT2D eigenvalue weighted by Crippen LogP contribution is -2.39. The summed E-state index contributed by atoms with van der Waals surface area (Å²) in [5.74, 6) is 0.432. The van der Waals surface area contributed by atoms with Gasteiger partial charge in [0.2, 0.25) is 5.91 Å². The van der Waals surface area contributed by atoms with E-state index in [4.69, 9.17) is 0 Å². The van der Waals surface area contributed by atoms with E-state index in [1.165, 1.54) is 25.7 Å². The van der Waals surface area contributed by atoms with Crippen LogP contribution < -0.4 is 10.6 Å². The van der Waals surface area contributed by atoms with Crippen LogP contribution >= 0.6 is 24.8 Å². The summed E-state index contributed by atoms with van der Waals surface area (Å²) in [6.07, 6.45) is 6.39. The van der Waals surface area contributed by atoms with Gasteiger partial charge in [-0.3, -0.25) is 4.79 Å². The van der Waals surface area contributed by atoms with E-state index in [0.29, 0.717) is 0 Å². The van der Waals surface area contributed by atoms with Crippen LogP contribution in [0.3, 0.4) is 0 Å². The minimum atomic E-state index is 0. The Hall–Kier alpha value is -0.0300. The van der Waals surface area contributed by atoms with E-state index in [-0.39, 0.29) is 36.6 Å². The molecule has 19 heavy (non-hydrogen) atoms. The van der Waals surface area contributed by atoms with Crippen molar-refractivity contribution in [2.24, 2.45) is 5.92 Å². The zero-order chi connectivity index (χ0) is 12.1. The molecule has 0 spiro atoms. The van der Waals surface area contributed by atoms with Gasteiger partial charge in [0.05, 0.1) is 5.92 Å². The summed E-state index contributed by atoms with van der Waals surface area (Å²) < 4.78 is 0. The van der Waals surface area contributed by atoms with Crippen molar-refractivity contribution in [2.75, 3.05) is 33.2 Å². The van der Waals surface area contributed by atoms with Gasteiger partial charge in [0.15, 0.2) is 0 Å². The molecule has 1 aliphatic carbocycles. The second-order valence-electron chi connectivity index (χ2n) is 5.40. The lowest BCUT2D eigenvalue weighted by atomic mass is 10.1. The molecule has 0 aromatic carbocycles. The third-order valence-electron chi connectivity index (χ3n) is 4.14. The maximum Gasteiger partial charge on any atom is 0.224 e. The van der Waals surface area contributed by atoms with E-state index < -0.39 is 0 Å². The summed E-state index contributed by atoms with van der Waals surface area (Å²) in [6.45, 7) is 3.61. The number of halogens is 2. The molecule has 1 atom stereocenters. The molecule has 1 unspecified atom stereocenters. The SMILES string of the molecule is CN(CCNC(=O)C1CCNC1)C1CCCC1.Cl.Cl. The Morgan fingerprint density at radius 1 is 1.26 bits per heavy atom. The van der Waals surface area contributed by atoms with Crippen molar-refractivity contribution in [3.05, 3.63) is 0 Å². The van der Waals surface area contributed by atoms with Crippen molar-refractivity contribution in [3.63, 3.8) is 0 Å². The molecule has 0 aromatic rings. The summed E-state index contributed by atoms with van der Waals surface area (Å²) in [5.41, 5.74) is 0. The normalized spacial score (nSPS) is 22.9.